The van der Waals surface area contributed by atoms with E-state index in [0.29, 0.717) is 17.6 Å². The highest BCUT2D eigenvalue weighted by molar-refractivity contribution is 5.51. The van der Waals surface area contributed by atoms with Crippen LogP contribution in [0.2, 0.25) is 0 Å². The van der Waals surface area contributed by atoms with Gasteiger partial charge in [0, 0.05) is 13.2 Å². The van der Waals surface area contributed by atoms with Gasteiger partial charge in [-0.2, -0.15) is 10.1 Å². The molecule has 2 aromatic rings. The highest BCUT2D eigenvalue weighted by Gasteiger charge is 2.43. The summed E-state index contributed by atoms with van der Waals surface area (Å²) in [7, 11) is 1.85. The third-order valence-corrected chi connectivity index (χ3v) is 3.28. The van der Waals surface area contributed by atoms with Crippen molar-refractivity contribution < 1.29 is 4.52 Å². The van der Waals surface area contributed by atoms with Crippen molar-refractivity contribution >= 4 is 0 Å². The maximum Gasteiger partial charge on any atom is 0.247 e. The smallest absolute Gasteiger partial charge is 0.247 e. The Morgan fingerprint density at radius 2 is 2.29 bits per heavy atom. The van der Waals surface area contributed by atoms with Crippen LogP contribution in [0.4, 0.5) is 0 Å². The van der Waals surface area contributed by atoms with Crippen molar-refractivity contribution in [3.63, 3.8) is 0 Å². The summed E-state index contributed by atoms with van der Waals surface area (Å²) < 4.78 is 6.97. The second kappa shape index (κ2) is 3.40. The molecule has 6 heteroatoms. The summed E-state index contributed by atoms with van der Waals surface area (Å²) in [6.45, 7) is 1.95. The Balaban J connectivity index is 1.92. The first-order chi connectivity index (χ1) is 8.07. The highest BCUT2D eigenvalue weighted by atomic mass is 16.5. The van der Waals surface area contributed by atoms with Crippen molar-refractivity contribution in [1.29, 1.82) is 0 Å². The number of rotatable bonds is 3. The van der Waals surface area contributed by atoms with Gasteiger partial charge in [0.1, 0.15) is 0 Å². The second-order valence-electron chi connectivity index (χ2n) is 4.88. The fourth-order valence-corrected chi connectivity index (χ4v) is 1.95. The maximum absolute atomic E-state index is 6.22. The van der Waals surface area contributed by atoms with Gasteiger partial charge in [0.15, 0.2) is 0 Å². The number of nitrogens with zero attached hydrogens (tertiary/aromatic N) is 4. The molecule has 6 nitrogen and oxygen atoms in total. The lowest BCUT2D eigenvalue weighted by atomic mass is 9.97. The summed E-state index contributed by atoms with van der Waals surface area (Å²) in [6.07, 6.45) is 5.83. The van der Waals surface area contributed by atoms with Crippen LogP contribution >= 0.6 is 0 Å². The van der Waals surface area contributed by atoms with Crippen LogP contribution in [0.25, 0.3) is 11.4 Å². The van der Waals surface area contributed by atoms with E-state index < -0.39 is 5.54 Å². The van der Waals surface area contributed by atoms with Crippen molar-refractivity contribution in [2.24, 2.45) is 18.7 Å². The average molecular weight is 233 g/mol. The van der Waals surface area contributed by atoms with Crippen molar-refractivity contribution in [2.45, 2.75) is 25.3 Å². The highest BCUT2D eigenvalue weighted by Crippen LogP contribution is 2.43. The number of aromatic nitrogens is 4. The van der Waals surface area contributed by atoms with Gasteiger partial charge in [0.25, 0.3) is 0 Å². The van der Waals surface area contributed by atoms with Crippen molar-refractivity contribution in [3.05, 3.63) is 18.3 Å². The average Bonchev–Trinajstić information content (AvgIpc) is 2.87. The van der Waals surface area contributed by atoms with Crippen molar-refractivity contribution in [2.75, 3.05) is 0 Å². The van der Waals surface area contributed by atoms with Crippen LogP contribution in [0.1, 0.15) is 25.7 Å². The summed E-state index contributed by atoms with van der Waals surface area (Å²) in [4.78, 5) is 4.37. The number of aryl methyl sites for hydroxylation is 1. The number of hydrogen-bond acceptors (Lipinski definition) is 5. The molecule has 1 atom stereocenters. The Morgan fingerprint density at radius 3 is 2.88 bits per heavy atom. The molecule has 1 unspecified atom stereocenters. The van der Waals surface area contributed by atoms with Crippen LogP contribution < -0.4 is 5.73 Å². The fraction of sp³-hybridized carbons (Fsp3) is 0.545. The third kappa shape index (κ3) is 1.74. The predicted octanol–water partition coefficient (Wildman–Crippen LogP) is 1.05. The first-order valence-corrected chi connectivity index (χ1v) is 5.69. The Hall–Kier alpha value is -1.69. The van der Waals surface area contributed by atoms with E-state index in [-0.39, 0.29) is 0 Å². The first-order valence-electron chi connectivity index (χ1n) is 5.69. The van der Waals surface area contributed by atoms with Crippen LogP contribution in [0, 0.1) is 5.92 Å². The molecular weight excluding hydrogens is 218 g/mol. The number of hydrogen-bond donors (Lipinski definition) is 1. The second-order valence-corrected chi connectivity index (χ2v) is 4.88. The van der Waals surface area contributed by atoms with Gasteiger partial charge in [-0.3, -0.25) is 4.68 Å². The molecule has 2 N–H and O–H groups in total. The van der Waals surface area contributed by atoms with E-state index >= 15 is 0 Å². The molecule has 2 aromatic heterocycles. The Labute approximate surface area is 98.8 Å². The summed E-state index contributed by atoms with van der Waals surface area (Å²) in [5.41, 5.74) is 6.56. The fourth-order valence-electron chi connectivity index (χ4n) is 1.95. The zero-order chi connectivity index (χ0) is 12.0. The van der Waals surface area contributed by atoms with E-state index in [0.717, 1.165) is 18.4 Å². The third-order valence-electron chi connectivity index (χ3n) is 3.28. The molecule has 0 bridgehead atoms. The molecule has 2 heterocycles. The predicted molar refractivity (Wildman–Crippen MR) is 60.8 cm³/mol. The van der Waals surface area contributed by atoms with Crippen LogP contribution in [0.3, 0.4) is 0 Å². The molecule has 0 aromatic carbocycles. The maximum atomic E-state index is 6.22. The van der Waals surface area contributed by atoms with Gasteiger partial charge in [-0.05, 0) is 25.7 Å². The molecule has 0 radical (unpaired) electrons. The van der Waals surface area contributed by atoms with Crippen LogP contribution in [0.5, 0.6) is 0 Å². The molecule has 0 amide bonds. The summed E-state index contributed by atoms with van der Waals surface area (Å²) in [5, 5.41) is 8.03. The normalized spacial score (nSPS) is 19.2. The molecule has 17 heavy (non-hydrogen) atoms. The summed E-state index contributed by atoms with van der Waals surface area (Å²) >= 11 is 0. The van der Waals surface area contributed by atoms with Gasteiger partial charge in [-0.1, -0.05) is 5.16 Å². The minimum Gasteiger partial charge on any atom is -0.337 e. The number of nitrogens with two attached hydrogens (primary N) is 1. The van der Waals surface area contributed by atoms with E-state index in [1.807, 2.05) is 20.2 Å². The Kier molecular flexibility index (Phi) is 2.09. The topological polar surface area (TPSA) is 82.8 Å². The molecule has 3 rings (SSSR count). The largest absolute Gasteiger partial charge is 0.337 e. The molecule has 0 saturated heterocycles. The summed E-state index contributed by atoms with van der Waals surface area (Å²) in [5.74, 6) is 1.52. The lowest BCUT2D eigenvalue weighted by Crippen LogP contribution is -2.35. The molecule has 0 aliphatic heterocycles. The molecular formula is C11H15N5O. The van der Waals surface area contributed by atoms with Gasteiger partial charge in [-0.15, -0.1) is 0 Å². The van der Waals surface area contributed by atoms with E-state index in [1.54, 1.807) is 10.9 Å². The molecule has 1 aliphatic rings. The van der Waals surface area contributed by atoms with E-state index in [1.165, 1.54) is 0 Å². The standard InChI is InChI=1S/C11H15N5O/c1-11(12,8-3-4-8)10-14-9(15-17-10)7-5-13-16(2)6-7/h5-6,8H,3-4,12H2,1-2H3. The van der Waals surface area contributed by atoms with E-state index in [2.05, 4.69) is 15.2 Å². The van der Waals surface area contributed by atoms with Crippen molar-refractivity contribution in [3.8, 4) is 11.4 Å². The minimum atomic E-state index is -0.506. The molecule has 1 fully saturated rings. The van der Waals surface area contributed by atoms with E-state index in [9.17, 15) is 0 Å². The molecule has 90 valence electrons. The molecule has 0 spiro atoms. The lowest BCUT2D eigenvalue weighted by molar-refractivity contribution is 0.273. The molecule has 1 aliphatic carbocycles. The van der Waals surface area contributed by atoms with Gasteiger partial charge in [-0.25, -0.2) is 0 Å². The molecule has 1 saturated carbocycles. The minimum absolute atomic E-state index is 0.463. The van der Waals surface area contributed by atoms with Crippen molar-refractivity contribution in [1.82, 2.24) is 19.9 Å². The Morgan fingerprint density at radius 1 is 1.53 bits per heavy atom. The SMILES string of the molecule is Cn1cc(-c2noc(C(C)(N)C3CC3)n2)cn1. The van der Waals surface area contributed by atoms with Crippen LogP contribution in [-0.4, -0.2) is 19.9 Å². The lowest BCUT2D eigenvalue weighted by Gasteiger charge is -2.18. The first kappa shape index (κ1) is 10.5. The Bertz CT molecular complexity index is 538. The zero-order valence-corrected chi connectivity index (χ0v) is 9.92. The monoisotopic (exact) mass is 233 g/mol. The zero-order valence-electron chi connectivity index (χ0n) is 9.92. The quantitative estimate of drug-likeness (QED) is 0.856. The van der Waals surface area contributed by atoms with Gasteiger partial charge >= 0.3 is 0 Å². The van der Waals surface area contributed by atoms with Gasteiger partial charge < -0.3 is 10.3 Å². The van der Waals surface area contributed by atoms with Crippen LogP contribution in [0.15, 0.2) is 16.9 Å². The summed E-state index contributed by atoms with van der Waals surface area (Å²) in [6, 6.07) is 0. The van der Waals surface area contributed by atoms with E-state index in [4.69, 9.17) is 10.3 Å². The van der Waals surface area contributed by atoms with Crippen LogP contribution in [-0.2, 0) is 12.6 Å². The van der Waals surface area contributed by atoms with Gasteiger partial charge in [0.05, 0.1) is 17.3 Å². The van der Waals surface area contributed by atoms with Gasteiger partial charge in [0.2, 0.25) is 11.7 Å².